The molecule has 1 saturated heterocycles. The first kappa shape index (κ1) is 15.4. The molecule has 1 aliphatic heterocycles. The lowest BCUT2D eigenvalue weighted by molar-refractivity contribution is -0.137. The Morgan fingerprint density at radius 1 is 1.22 bits per heavy atom. The molecule has 1 N–H and O–H groups in total. The number of likely N-dealkylation sites (tertiary alicyclic amines) is 1. The summed E-state index contributed by atoms with van der Waals surface area (Å²) in [6.45, 7) is 9.95. The summed E-state index contributed by atoms with van der Waals surface area (Å²) in [5.74, 6) is -0.685. The molecule has 0 aromatic carbocycles. The second-order valence-corrected chi connectivity index (χ2v) is 5.53. The van der Waals surface area contributed by atoms with Crippen LogP contribution in [0.25, 0.3) is 0 Å². The lowest BCUT2D eigenvalue weighted by atomic mass is 10.1. The number of carboxylic acids is 1. The van der Waals surface area contributed by atoms with Gasteiger partial charge in [-0.15, -0.1) is 0 Å². The molecule has 0 unspecified atom stereocenters. The van der Waals surface area contributed by atoms with Crippen LogP contribution in [-0.4, -0.2) is 59.6 Å². The number of nitrogens with zero attached hydrogens (tertiary/aromatic N) is 2. The molecule has 106 valence electrons. The van der Waals surface area contributed by atoms with Gasteiger partial charge in [-0.2, -0.15) is 0 Å². The fourth-order valence-electron chi connectivity index (χ4n) is 2.51. The van der Waals surface area contributed by atoms with Crippen LogP contribution in [0.1, 0.15) is 46.0 Å². The van der Waals surface area contributed by atoms with Crippen molar-refractivity contribution >= 4 is 5.97 Å². The fraction of sp³-hybridized carbons (Fsp3) is 0.929. The summed E-state index contributed by atoms with van der Waals surface area (Å²) in [4.78, 5) is 15.5. The molecule has 0 aromatic heterocycles. The molecule has 1 fully saturated rings. The van der Waals surface area contributed by atoms with E-state index in [0.29, 0.717) is 6.04 Å². The largest absolute Gasteiger partial charge is 0.481 e. The van der Waals surface area contributed by atoms with Crippen molar-refractivity contribution in [2.45, 2.75) is 52.0 Å². The van der Waals surface area contributed by atoms with Crippen molar-refractivity contribution in [1.82, 2.24) is 9.80 Å². The third-order valence-corrected chi connectivity index (χ3v) is 3.72. The van der Waals surface area contributed by atoms with Gasteiger partial charge in [-0.3, -0.25) is 9.69 Å². The minimum absolute atomic E-state index is 0.285. The number of rotatable bonds is 8. The number of hydrogen-bond acceptors (Lipinski definition) is 3. The summed E-state index contributed by atoms with van der Waals surface area (Å²) in [6.07, 6.45) is 5.09. The number of piperidine rings is 1. The molecule has 1 heterocycles. The van der Waals surface area contributed by atoms with Crippen molar-refractivity contribution in [3.8, 4) is 0 Å². The van der Waals surface area contributed by atoms with Crippen molar-refractivity contribution in [1.29, 1.82) is 0 Å². The zero-order chi connectivity index (χ0) is 13.4. The second kappa shape index (κ2) is 8.48. The predicted molar refractivity (Wildman–Crippen MR) is 73.9 cm³/mol. The zero-order valence-electron chi connectivity index (χ0n) is 11.9. The van der Waals surface area contributed by atoms with Crippen LogP contribution in [0.5, 0.6) is 0 Å². The minimum atomic E-state index is -0.685. The van der Waals surface area contributed by atoms with E-state index < -0.39 is 5.97 Å². The van der Waals surface area contributed by atoms with E-state index >= 15 is 0 Å². The Morgan fingerprint density at radius 3 is 2.44 bits per heavy atom. The van der Waals surface area contributed by atoms with Crippen LogP contribution in [0.4, 0.5) is 0 Å². The third-order valence-electron chi connectivity index (χ3n) is 3.72. The minimum Gasteiger partial charge on any atom is -0.481 e. The maximum atomic E-state index is 10.5. The quantitative estimate of drug-likeness (QED) is 0.722. The highest BCUT2D eigenvalue weighted by molar-refractivity contribution is 5.66. The Labute approximate surface area is 111 Å². The molecule has 4 nitrogen and oxygen atoms in total. The highest BCUT2D eigenvalue weighted by Gasteiger charge is 2.14. The molecule has 0 aromatic rings. The van der Waals surface area contributed by atoms with Gasteiger partial charge in [-0.05, 0) is 52.7 Å². The zero-order valence-corrected chi connectivity index (χ0v) is 11.9. The van der Waals surface area contributed by atoms with Gasteiger partial charge >= 0.3 is 5.97 Å². The molecule has 0 radical (unpaired) electrons. The topological polar surface area (TPSA) is 43.8 Å². The number of carboxylic acid groups (broad SMARTS) is 1. The highest BCUT2D eigenvalue weighted by atomic mass is 16.4. The Bertz CT molecular complexity index is 238. The molecule has 0 atom stereocenters. The van der Waals surface area contributed by atoms with Crippen molar-refractivity contribution in [2.75, 3.05) is 32.7 Å². The maximum Gasteiger partial charge on any atom is 0.303 e. The average Bonchev–Trinajstić information content (AvgIpc) is 2.34. The molecular formula is C14H28N2O2. The third kappa shape index (κ3) is 6.36. The monoisotopic (exact) mass is 256 g/mol. The van der Waals surface area contributed by atoms with E-state index in [4.69, 9.17) is 5.11 Å². The standard InChI is InChI=1S/C14H28N2O2/c1-13(2)16(10-6-7-14(17)18)12-11-15-8-4-3-5-9-15/h13H,3-12H2,1-2H3,(H,17,18). The molecule has 0 amide bonds. The summed E-state index contributed by atoms with van der Waals surface area (Å²) in [6, 6.07) is 0.503. The molecule has 1 rings (SSSR count). The Hall–Kier alpha value is -0.610. The summed E-state index contributed by atoms with van der Waals surface area (Å²) in [5, 5.41) is 8.67. The summed E-state index contributed by atoms with van der Waals surface area (Å²) < 4.78 is 0. The van der Waals surface area contributed by atoms with E-state index in [0.717, 1.165) is 26.1 Å². The van der Waals surface area contributed by atoms with Gasteiger partial charge < -0.3 is 10.0 Å². The predicted octanol–water partition coefficient (Wildman–Crippen LogP) is 2.05. The highest BCUT2D eigenvalue weighted by Crippen LogP contribution is 2.09. The van der Waals surface area contributed by atoms with Gasteiger partial charge in [0, 0.05) is 25.6 Å². The van der Waals surface area contributed by atoms with E-state index in [-0.39, 0.29) is 6.42 Å². The van der Waals surface area contributed by atoms with Crippen LogP contribution in [-0.2, 0) is 4.79 Å². The molecule has 0 bridgehead atoms. The number of aliphatic carboxylic acids is 1. The van der Waals surface area contributed by atoms with Crippen LogP contribution < -0.4 is 0 Å². The van der Waals surface area contributed by atoms with E-state index in [1.54, 1.807) is 0 Å². The van der Waals surface area contributed by atoms with Gasteiger partial charge in [0.05, 0.1) is 0 Å². The molecule has 0 spiro atoms. The molecular weight excluding hydrogens is 228 g/mol. The first-order valence-corrected chi connectivity index (χ1v) is 7.28. The van der Waals surface area contributed by atoms with Crippen LogP contribution in [0.3, 0.4) is 0 Å². The number of hydrogen-bond donors (Lipinski definition) is 1. The normalized spacial score (nSPS) is 17.6. The van der Waals surface area contributed by atoms with Crippen molar-refractivity contribution in [3.05, 3.63) is 0 Å². The first-order chi connectivity index (χ1) is 8.59. The van der Waals surface area contributed by atoms with E-state index in [2.05, 4.69) is 23.6 Å². The summed E-state index contributed by atoms with van der Waals surface area (Å²) in [7, 11) is 0. The maximum absolute atomic E-state index is 10.5. The van der Waals surface area contributed by atoms with Gasteiger partial charge in [0.2, 0.25) is 0 Å². The van der Waals surface area contributed by atoms with Gasteiger partial charge in [-0.25, -0.2) is 0 Å². The van der Waals surface area contributed by atoms with E-state index in [9.17, 15) is 4.79 Å². The summed E-state index contributed by atoms with van der Waals surface area (Å²) >= 11 is 0. The first-order valence-electron chi connectivity index (χ1n) is 7.28. The van der Waals surface area contributed by atoms with Gasteiger partial charge in [0.25, 0.3) is 0 Å². The molecule has 4 heteroatoms. The van der Waals surface area contributed by atoms with Crippen LogP contribution in [0.15, 0.2) is 0 Å². The van der Waals surface area contributed by atoms with Crippen molar-refractivity contribution in [2.24, 2.45) is 0 Å². The lowest BCUT2D eigenvalue weighted by Gasteiger charge is -2.31. The second-order valence-electron chi connectivity index (χ2n) is 5.53. The molecule has 0 aliphatic carbocycles. The van der Waals surface area contributed by atoms with Crippen LogP contribution in [0.2, 0.25) is 0 Å². The lowest BCUT2D eigenvalue weighted by Crippen LogP contribution is -2.41. The van der Waals surface area contributed by atoms with Gasteiger partial charge in [0.15, 0.2) is 0 Å². The Morgan fingerprint density at radius 2 is 1.89 bits per heavy atom. The molecule has 0 saturated carbocycles. The fourth-order valence-corrected chi connectivity index (χ4v) is 2.51. The summed E-state index contributed by atoms with van der Waals surface area (Å²) in [5.41, 5.74) is 0. The van der Waals surface area contributed by atoms with E-state index in [1.807, 2.05) is 0 Å². The van der Waals surface area contributed by atoms with Gasteiger partial charge in [-0.1, -0.05) is 6.42 Å². The SMILES string of the molecule is CC(C)N(CCCC(=O)O)CCN1CCCCC1. The van der Waals surface area contributed by atoms with Crippen LogP contribution in [0, 0.1) is 0 Å². The Kier molecular flexibility index (Phi) is 7.28. The van der Waals surface area contributed by atoms with Crippen LogP contribution >= 0.6 is 0 Å². The van der Waals surface area contributed by atoms with Crippen molar-refractivity contribution < 1.29 is 9.90 Å². The number of carbonyl (C=O) groups is 1. The van der Waals surface area contributed by atoms with E-state index in [1.165, 1.54) is 32.4 Å². The molecule has 1 aliphatic rings. The Balaban J connectivity index is 2.21. The smallest absolute Gasteiger partial charge is 0.303 e. The van der Waals surface area contributed by atoms with Gasteiger partial charge in [0.1, 0.15) is 0 Å². The average molecular weight is 256 g/mol. The van der Waals surface area contributed by atoms with Crippen molar-refractivity contribution in [3.63, 3.8) is 0 Å². The molecule has 18 heavy (non-hydrogen) atoms.